The smallest absolute Gasteiger partial charge is 0.319 e. The van der Waals surface area contributed by atoms with Crippen LogP contribution in [0.5, 0.6) is 0 Å². The quantitative estimate of drug-likeness (QED) is 0.776. The molecule has 0 radical (unpaired) electrons. The van der Waals surface area contributed by atoms with Gasteiger partial charge in [0.25, 0.3) is 0 Å². The summed E-state index contributed by atoms with van der Waals surface area (Å²) in [6, 6.07) is 13.0. The van der Waals surface area contributed by atoms with Crippen molar-refractivity contribution < 1.29 is 13.2 Å². The third-order valence-corrected chi connectivity index (χ3v) is 6.74. The van der Waals surface area contributed by atoms with Crippen molar-refractivity contribution in [3.63, 3.8) is 0 Å². The Morgan fingerprint density at radius 3 is 2.21 bits per heavy atom. The van der Waals surface area contributed by atoms with Crippen LogP contribution in [-0.2, 0) is 16.6 Å². The van der Waals surface area contributed by atoms with Crippen molar-refractivity contribution in [2.75, 3.05) is 38.5 Å². The summed E-state index contributed by atoms with van der Waals surface area (Å²) in [5.74, 6) is 0. The molecular formula is C19H23ClN4O3S. The number of rotatable bonds is 5. The Balaban J connectivity index is 1.55. The maximum atomic E-state index is 12.7. The number of urea groups is 1. The number of halogens is 1. The van der Waals surface area contributed by atoms with E-state index < -0.39 is 10.0 Å². The van der Waals surface area contributed by atoms with Gasteiger partial charge in [0.05, 0.1) is 4.90 Å². The Morgan fingerprint density at radius 1 is 1.00 bits per heavy atom. The lowest BCUT2D eigenvalue weighted by molar-refractivity contribution is 0.222. The molecule has 1 saturated heterocycles. The van der Waals surface area contributed by atoms with Gasteiger partial charge in [-0.05, 0) is 49.0 Å². The predicted octanol–water partition coefficient (Wildman–Crippen LogP) is 2.60. The van der Waals surface area contributed by atoms with Crippen LogP contribution in [0.1, 0.15) is 5.56 Å². The molecule has 1 heterocycles. The average Bonchev–Trinajstić information content (AvgIpc) is 2.69. The molecule has 2 aromatic rings. The SMILES string of the molecule is CN1CCN(S(=O)(=O)c2ccc(CNC(=O)Nc3ccc(Cl)cc3)cc2)CC1. The number of sulfonamides is 1. The summed E-state index contributed by atoms with van der Waals surface area (Å²) < 4.78 is 26.9. The highest BCUT2D eigenvalue weighted by atomic mass is 35.5. The lowest BCUT2D eigenvalue weighted by Crippen LogP contribution is -2.47. The van der Waals surface area contributed by atoms with Gasteiger partial charge >= 0.3 is 6.03 Å². The number of amides is 2. The zero-order valence-corrected chi connectivity index (χ0v) is 17.1. The second kappa shape index (κ2) is 8.91. The molecule has 9 heteroatoms. The van der Waals surface area contributed by atoms with Crippen molar-refractivity contribution in [1.82, 2.24) is 14.5 Å². The zero-order chi connectivity index (χ0) is 20.1. The number of hydrogen-bond donors (Lipinski definition) is 2. The number of carbonyl (C=O) groups is 1. The van der Waals surface area contributed by atoms with E-state index in [4.69, 9.17) is 11.6 Å². The molecular weight excluding hydrogens is 400 g/mol. The molecule has 2 amide bonds. The highest BCUT2D eigenvalue weighted by Crippen LogP contribution is 2.18. The standard InChI is InChI=1S/C19H23ClN4O3S/c1-23-10-12-24(13-11-23)28(26,27)18-8-2-15(3-9-18)14-21-19(25)22-17-6-4-16(20)5-7-17/h2-9H,10-14H2,1H3,(H2,21,22,25). The monoisotopic (exact) mass is 422 g/mol. The van der Waals surface area contributed by atoms with Crippen LogP contribution in [0.25, 0.3) is 0 Å². The van der Waals surface area contributed by atoms with E-state index >= 15 is 0 Å². The van der Waals surface area contributed by atoms with Gasteiger partial charge in [-0.2, -0.15) is 4.31 Å². The largest absolute Gasteiger partial charge is 0.334 e. The molecule has 0 saturated carbocycles. The van der Waals surface area contributed by atoms with Crippen LogP contribution < -0.4 is 10.6 Å². The van der Waals surface area contributed by atoms with E-state index in [1.807, 2.05) is 7.05 Å². The van der Waals surface area contributed by atoms with Crippen LogP contribution in [-0.4, -0.2) is 56.9 Å². The summed E-state index contributed by atoms with van der Waals surface area (Å²) in [6.45, 7) is 2.72. The molecule has 2 N–H and O–H groups in total. The molecule has 2 aromatic carbocycles. The van der Waals surface area contributed by atoms with Gasteiger partial charge in [-0.3, -0.25) is 0 Å². The number of benzene rings is 2. The minimum absolute atomic E-state index is 0.270. The molecule has 0 unspecified atom stereocenters. The number of nitrogens with zero attached hydrogens (tertiary/aromatic N) is 2. The maximum absolute atomic E-state index is 12.7. The lowest BCUT2D eigenvalue weighted by Gasteiger charge is -2.31. The summed E-state index contributed by atoms with van der Waals surface area (Å²) in [5, 5.41) is 6.04. The minimum Gasteiger partial charge on any atom is -0.334 e. The highest BCUT2D eigenvalue weighted by molar-refractivity contribution is 7.89. The fraction of sp³-hybridized carbons (Fsp3) is 0.316. The van der Waals surface area contributed by atoms with Gasteiger partial charge in [0.1, 0.15) is 0 Å². The Bertz CT molecular complexity index is 909. The van der Waals surface area contributed by atoms with E-state index in [0.717, 1.165) is 18.7 Å². The van der Waals surface area contributed by atoms with Crippen LogP contribution in [0, 0.1) is 0 Å². The fourth-order valence-electron chi connectivity index (χ4n) is 2.85. The molecule has 1 aliphatic rings. The Hall–Kier alpha value is -2.13. The maximum Gasteiger partial charge on any atom is 0.319 e. The van der Waals surface area contributed by atoms with Gasteiger partial charge in [-0.25, -0.2) is 13.2 Å². The fourth-order valence-corrected chi connectivity index (χ4v) is 4.40. The number of piperazine rings is 1. The highest BCUT2D eigenvalue weighted by Gasteiger charge is 2.27. The first-order chi connectivity index (χ1) is 13.3. The van der Waals surface area contributed by atoms with Crippen LogP contribution >= 0.6 is 11.6 Å². The van der Waals surface area contributed by atoms with Crippen LogP contribution in [0.3, 0.4) is 0 Å². The molecule has 0 aromatic heterocycles. The van der Waals surface area contributed by atoms with E-state index in [1.165, 1.54) is 4.31 Å². The third-order valence-electron chi connectivity index (χ3n) is 4.58. The molecule has 0 spiro atoms. The van der Waals surface area contributed by atoms with Gasteiger partial charge in [-0.1, -0.05) is 23.7 Å². The van der Waals surface area contributed by atoms with E-state index in [9.17, 15) is 13.2 Å². The molecule has 3 rings (SSSR count). The predicted molar refractivity (Wildman–Crippen MR) is 110 cm³/mol. The van der Waals surface area contributed by atoms with E-state index in [2.05, 4.69) is 15.5 Å². The number of likely N-dealkylation sites (N-methyl/N-ethyl adjacent to an activating group) is 1. The van der Waals surface area contributed by atoms with Gasteiger partial charge in [0.2, 0.25) is 10.0 Å². The van der Waals surface area contributed by atoms with E-state index in [0.29, 0.717) is 23.8 Å². The van der Waals surface area contributed by atoms with Gasteiger partial charge < -0.3 is 15.5 Å². The third kappa shape index (κ3) is 5.23. The summed E-state index contributed by atoms with van der Waals surface area (Å²) in [4.78, 5) is 14.3. The van der Waals surface area contributed by atoms with Crippen LogP contribution in [0.15, 0.2) is 53.4 Å². The molecule has 0 atom stereocenters. The van der Waals surface area contributed by atoms with Crippen molar-refractivity contribution in [1.29, 1.82) is 0 Å². The first-order valence-corrected chi connectivity index (χ1v) is 10.7. The second-order valence-electron chi connectivity index (χ2n) is 6.67. The second-order valence-corrected chi connectivity index (χ2v) is 9.04. The van der Waals surface area contributed by atoms with Gasteiger partial charge in [0, 0.05) is 43.4 Å². The number of hydrogen-bond acceptors (Lipinski definition) is 4. The molecule has 0 bridgehead atoms. The van der Waals surface area contributed by atoms with Crippen LogP contribution in [0.2, 0.25) is 5.02 Å². The Labute approximate surface area is 170 Å². The van der Waals surface area contributed by atoms with Crippen molar-refractivity contribution in [2.24, 2.45) is 0 Å². The van der Waals surface area contributed by atoms with E-state index in [-0.39, 0.29) is 17.5 Å². The first-order valence-electron chi connectivity index (χ1n) is 8.93. The average molecular weight is 423 g/mol. The summed E-state index contributed by atoms with van der Waals surface area (Å²) in [6.07, 6.45) is 0. The van der Waals surface area contributed by atoms with Crippen molar-refractivity contribution in [3.05, 3.63) is 59.1 Å². The molecule has 1 fully saturated rings. The van der Waals surface area contributed by atoms with Crippen molar-refractivity contribution >= 4 is 33.3 Å². The van der Waals surface area contributed by atoms with Crippen molar-refractivity contribution in [2.45, 2.75) is 11.4 Å². The normalized spacial score (nSPS) is 15.9. The molecule has 7 nitrogen and oxygen atoms in total. The molecule has 28 heavy (non-hydrogen) atoms. The number of anilines is 1. The first kappa shape index (κ1) is 20.6. The summed E-state index contributed by atoms with van der Waals surface area (Å²) in [7, 11) is -1.50. The minimum atomic E-state index is -3.48. The van der Waals surface area contributed by atoms with E-state index in [1.54, 1.807) is 48.5 Å². The molecule has 0 aliphatic carbocycles. The van der Waals surface area contributed by atoms with Gasteiger partial charge in [0.15, 0.2) is 0 Å². The molecule has 1 aliphatic heterocycles. The topological polar surface area (TPSA) is 81.8 Å². The Morgan fingerprint density at radius 2 is 1.61 bits per heavy atom. The number of carbonyl (C=O) groups excluding carboxylic acids is 1. The summed E-state index contributed by atoms with van der Waals surface area (Å²) in [5.41, 5.74) is 1.44. The van der Waals surface area contributed by atoms with Gasteiger partial charge in [-0.15, -0.1) is 0 Å². The number of nitrogens with one attached hydrogen (secondary N) is 2. The Kier molecular flexibility index (Phi) is 6.56. The van der Waals surface area contributed by atoms with Crippen molar-refractivity contribution in [3.8, 4) is 0 Å². The van der Waals surface area contributed by atoms with Crippen LogP contribution in [0.4, 0.5) is 10.5 Å². The zero-order valence-electron chi connectivity index (χ0n) is 15.6. The summed E-state index contributed by atoms with van der Waals surface area (Å²) >= 11 is 5.81. The molecule has 150 valence electrons. The lowest BCUT2D eigenvalue weighted by atomic mass is 10.2.